The lowest BCUT2D eigenvalue weighted by Gasteiger charge is -2.22. The Morgan fingerprint density at radius 3 is 2.45 bits per heavy atom. The third kappa shape index (κ3) is 5.67. The van der Waals surface area contributed by atoms with E-state index in [4.69, 9.17) is 22.4 Å². The van der Waals surface area contributed by atoms with Gasteiger partial charge in [0.15, 0.2) is 0 Å². The van der Waals surface area contributed by atoms with E-state index < -0.39 is 47.7 Å². The Morgan fingerprint density at radius 1 is 1.28 bits per heavy atom. The number of aliphatic carboxylic acids is 1. The molecule has 10 nitrogen and oxygen atoms in total. The maximum atomic E-state index is 12.4. The lowest BCUT2D eigenvalue weighted by Crippen LogP contribution is -2.56. The third-order valence-electron chi connectivity index (χ3n) is 4.43. The minimum absolute atomic E-state index is 0.203. The number of anilines is 1. The van der Waals surface area contributed by atoms with Crippen LogP contribution in [0.25, 0.3) is 0 Å². The molecule has 1 fully saturated rings. The number of nitrogen functional groups attached to an aromatic ring is 1. The van der Waals surface area contributed by atoms with E-state index in [1.54, 1.807) is 0 Å². The van der Waals surface area contributed by atoms with Crippen molar-refractivity contribution in [2.45, 2.75) is 43.8 Å². The molecule has 1 aromatic carbocycles. The largest absolute Gasteiger partial charge is 0.481 e. The molecule has 0 bridgehead atoms. The first-order valence-electron chi connectivity index (χ1n) is 8.74. The van der Waals surface area contributed by atoms with E-state index in [1.165, 1.54) is 25.1 Å². The lowest BCUT2D eigenvalue weighted by atomic mass is 10.1. The van der Waals surface area contributed by atoms with Crippen molar-refractivity contribution in [1.29, 1.82) is 0 Å². The number of carboxylic acid groups (broad SMARTS) is 1. The number of hydrogen-bond donors (Lipinski definition) is 5. The number of amides is 3. The van der Waals surface area contributed by atoms with E-state index in [-0.39, 0.29) is 10.6 Å². The summed E-state index contributed by atoms with van der Waals surface area (Å²) in [4.78, 5) is 58.7. The zero-order chi connectivity index (χ0) is 21.8. The Balaban J connectivity index is 1.95. The lowest BCUT2D eigenvalue weighted by molar-refractivity contribution is -0.139. The van der Waals surface area contributed by atoms with Crippen LogP contribution in [0.15, 0.2) is 18.2 Å². The smallest absolute Gasteiger partial charge is 0.305 e. The van der Waals surface area contributed by atoms with Crippen LogP contribution in [-0.4, -0.2) is 52.7 Å². The fraction of sp³-hybridized carbons (Fsp3) is 0.389. The molecule has 156 valence electrons. The molecule has 29 heavy (non-hydrogen) atoms. The van der Waals surface area contributed by atoms with E-state index in [9.17, 15) is 24.0 Å². The van der Waals surface area contributed by atoms with Crippen LogP contribution in [0, 0.1) is 0 Å². The molecule has 0 saturated heterocycles. The number of nitrogens with one attached hydrogen (secondary N) is 3. The van der Waals surface area contributed by atoms with Gasteiger partial charge < -0.3 is 31.6 Å². The van der Waals surface area contributed by atoms with Gasteiger partial charge in [0.1, 0.15) is 17.9 Å². The summed E-state index contributed by atoms with van der Waals surface area (Å²) < 4.78 is 0. The summed E-state index contributed by atoms with van der Waals surface area (Å²) in [6, 6.07) is 2.13. The molecule has 1 aliphatic carbocycles. The molecule has 0 aromatic heterocycles. The van der Waals surface area contributed by atoms with Crippen LogP contribution >= 0.6 is 11.6 Å². The van der Waals surface area contributed by atoms with E-state index in [1.807, 2.05) is 0 Å². The first kappa shape index (κ1) is 22.2. The average molecular weight is 425 g/mol. The van der Waals surface area contributed by atoms with E-state index >= 15 is 0 Å². The molecule has 2 atom stereocenters. The van der Waals surface area contributed by atoms with Crippen molar-refractivity contribution in [2.24, 2.45) is 0 Å². The highest BCUT2D eigenvalue weighted by molar-refractivity contribution is 6.33. The normalized spacial score (nSPS) is 16.1. The number of aldehydes is 1. The molecule has 0 radical (unpaired) electrons. The monoisotopic (exact) mass is 424 g/mol. The third-order valence-corrected chi connectivity index (χ3v) is 4.75. The van der Waals surface area contributed by atoms with Gasteiger partial charge in [-0.2, -0.15) is 0 Å². The van der Waals surface area contributed by atoms with Crippen molar-refractivity contribution in [3.8, 4) is 0 Å². The van der Waals surface area contributed by atoms with E-state index in [0.29, 0.717) is 24.8 Å². The molecule has 2 rings (SSSR count). The molecule has 11 heteroatoms. The van der Waals surface area contributed by atoms with Gasteiger partial charge in [0.05, 0.1) is 23.2 Å². The fourth-order valence-corrected chi connectivity index (χ4v) is 2.70. The van der Waals surface area contributed by atoms with Crippen molar-refractivity contribution < 1.29 is 29.1 Å². The van der Waals surface area contributed by atoms with Gasteiger partial charge in [-0.3, -0.25) is 19.2 Å². The van der Waals surface area contributed by atoms with Gasteiger partial charge in [-0.05, 0) is 38.0 Å². The van der Waals surface area contributed by atoms with Gasteiger partial charge >= 0.3 is 5.97 Å². The molecule has 3 amide bonds. The van der Waals surface area contributed by atoms with Crippen molar-refractivity contribution >= 4 is 47.3 Å². The highest BCUT2D eigenvalue weighted by atomic mass is 35.5. The fourth-order valence-electron chi connectivity index (χ4n) is 2.52. The zero-order valence-electron chi connectivity index (χ0n) is 15.5. The van der Waals surface area contributed by atoms with Gasteiger partial charge in [0.2, 0.25) is 11.8 Å². The van der Waals surface area contributed by atoms with Crippen molar-refractivity contribution in [3.05, 3.63) is 28.8 Å². The first-order valence-corrected chi connectivity index (χ1v) is 9.12. The maximum absolute atomic E-state index is 12.4. The molecule has 1 saturated carbocycles. The van der Waals surface area contributed by atoms with Crippen LogP contribution in [0.4, 0.5) is 5.69 Å². The Hall–Kier alpha value is -3.14. The molecule has 6 N–H and O–H groups in total. The Labute approximate surface area is 171 Å². The molecule has 1 aliphatic rings. The minimum Gasteiger partial charge on any atom is -0.481 e. The number of carbonyl (C=O) groups is 5. The molecular weight excluding hydrogens is 404 g/mol. The zero-order valence-corrected chi connectivity index (χ0v) is 16.3. The van der Waals surface area contributed by atoms with Gasteiger partial charge in [-0.25, -0.2) is 0 Å². The second kappa shape index (κ2) is 8.91. The Morgan fingerprint density at radius 2 is 1.93 bits per heavy atom. The number of carboxylic acids is 1. The highest BCUT2D eigenvalue weighted by Crippen LogP contribution is 2.35. The van der Waals surface area contributed by atoms with Crippen molar-refractivity contribution in [1.82, 2.24) is 16.0 Å². The van der Waals surface area contributed by atoms with Gasteiger partial charge in [-0.1, -0.05) is 11.6 Å². The Bertz CT molecular complexity index is 855. The highest BCUT2D eigenvalue weighted by Gasteiger charge is 2.52. The van der Waals surface area contributed by atoms with Crippen molar-refractivity contribution in [3.63, 3.8) is 0 Å². The van der Waals surface area contributed by atoms with E-state index in [2.05, 4.69) is 16.0 Å². The SMILES string of the molecule is C[C@H](NC(=O)c1ccc(N)c(Cl)c1)C(=O)NC1(C(=O)N[C@H](C=O)CC(=O)O)CC1. The van der Waals surface area contributed by atoms with Crippen LogP contribution < -0.4 is 21.7 Å². The summed E-state index contributed by atoms with van der Waals surface area (Å²) in [5, 5.41) is 16.3. The summed E-state index contributed by atoms with van der Waals surface area (Å²) in [5.41, 5.74) is 4.90. The summed E-state index contributed by atoms with van der Waals surface area (Å²) in [6.45, 7) is 1.44. The molecule has 0 heterocycles. The summed E-state index contributed by atoms with van der Waals surface area (Å²) >= 11 is 5.88. The molecule has 0 aliphatic heterocycles. The number of hydrogen-bond acceptors (Lipinski definition) is 6. The molecular formula is C18H21ClN4O6. The van der Waals surface area contributed by atoms with Crippen LogP contribution in [-0.2, 0) is 19.2 Å². The van der Waals surface area contributed by atoms with Gasteiger partial charge in [-0.15, -0.1) is 0 Å². The van der Waals surface area contributed by atoms with Gasteiger partial charge in [0, 0.05) is 5.56 Å². The summed E-state index contributed by atoms with van der Waals surface area (Å²) in [6.07, 6.45) is 0.426. The average Bonchev–Trinajstić information content (AvgIpc) is 3.43. The summed E-state index contributed by atoms with van der Waals surface area (Å²) in [7, 11) is 0. The predicted molar refractivity (Wildman–Crippen MR) is 103 cm³/mol. The van der Waals surface area contributed by atoms with Crippen molar-refractivity contribution in [2.75, 3.05) is 5.73 Å². The topological polar surface area (TPSA) is 168 Å². The number of carbonyl (C=O) groups excluding carboxylic acids is 4. The molecule has 1 aromatic rings. The second-order valence-electron chi connectivity index (χ2n) is 6.82. The second-order valence-corrected chi connectivity index (χ2v) is 7.22. The number of nitrogens with two attached hydrogens (primary N) is 1. The predicted octanol–water partition coefficient (Wildman–Crippen LogP) is -0.152. The van der Waals surface area contributed by atoms with Crippen LogP contribution in [0.1, 0.15) is 36.5 Å². The van der Waals surface area contributed by atoms with Crippen LogP contribution in [0.3, 0.4) is 0 Å². The first-order chi connectivity index (χ1) is 13.6. The van der Waals surface area contributed by atoms with E-state index in [0.717, 1.165) is 0 Å². The maximum Gasteiger partial charge on any atom is 0.305 e. The minimum atomic E-state index is -1.24. The van der Waals surface area contributed by atoms with Crippen LogP contribution in [0.2, 0.25) is 5.02 Å². The number of benzene rings is 1. The number of halogens is 1. The Kier molecular flexibility index (Phi) is 6.80. The summed E-state index contributed by atoms with van der Waals surface area (Å²) in [5.74, 6) is -3.04. The van der Waals surface area contributed by atoms with Gasteiger partial charge in [0.25, 0.3) is 5.91 Å². The number of rotatable bonds is 9. The quantitative estimate of drug-likeness (QED) is 0.271. The van der Waals surface area contributed by atoms with Crippen LogP contribution in [0.5, 0.6) is 0 Å². The molecule has 0 unspecified atom stereocenters. The molecule has 0 spiro atoms. The standard InChI is InChI=1S/C18H21ClN4O6/c1-9(21-16(28)10-2-3-13(20)12(19)6-10)15(27)23-18(4-5-18)17(29)22-11(8-24)7-14(25)26/h2-3,6,8-9,11H,4-5,7,20H2,1H3,(H,21,28)(H,22,29)(H,23,27)(H,25,26)/t9-,11-/m0/s1.